The molecular weight excluding hydrogens is 506 g/mol. The number of Topliss-reactive ketones (excluding diaryl/α,β-unsaturated/α-hetero) is 1. The van der Waals surface area contributed by atoms with Crippen LogP contribution in [-0.4, -0.2) is 51.5 Å². The van der Waals surface area contributed by atoms with Gasteiger partial charge in [-0.3, -0.25) is 4.79 Å². The minimum atomic E-state index is -2.20. The summed E-state index contributed by atoms with van der Waals surface area (Å²) in [6.45, 7) is 9.24. The van der Waals surface area contributed by atoms with E-state index in [-0.39, 0.29) is 28.8 Å². The molecule has 3 aliphatic rings. The number of hydrogen-bond acceptors (Lipinski definition) is 7. The fourth-order valence-electron chi connectivity index (χ4n) is 7.27. The Morgan fingerprint density at radius 1 is 1.05 bits per heavy atom. The second-order valence-electron chi connectivity index (χ2n) is 12.4. The van der Waals surface area contributed by atoms with Gasteiger partial charge in [0.25, 0.3) is 0 Å². The van der Waals surface area contributed by atoms with Crippen molar-refractivity contribution in [3.8, 4) is 0 Å². The molecule has 0 aromatic heterocycles. The molecule has 0 saturated heterocycles. The van der Waals surface area contributed by atoms with Crippen LogP contribution in [0.15, 0.2) is 77.9 Å². The number of ketones is 1. The summed E-state index contributed by atoms with van der Waals surface area (Å²) in [6.07, 6.45) is 1.06. The van der Waals surface area contributed by atoms with Gasteiger partial charge in [-0.25, -0.2) is 4.79 Å². The summed E-state index contributed by atoms with van der Waals surface area (Å²) >= 11 is 0. The average molecular weight is 546 g/mol. The Morgan fingerprint density at radius 2 is 1.70 bits per heavy atom. The number of fused-ring (bicyclic) bond motifs is 1. The van der Waals surface area contributed by atoms with E-state index in [0.717, 1.165) is 5.69 Å². The molecule has 7 atom stereocenters. The number of carbonyl (C=O) groups is 2. The topological polar surface area (TPSA) is 116 Å². The van der Waals surface area contributed by atoms with E-state index >= 15 is 0 Å². The van der Waals surface area contributed by atoms with Crippen molar-refractivity contribution in [2.75, 3.05) is 11.9 Å². The Morgan fingerprint density at radius 3 is 2.38 bits per heavy atom. The molecule has 0 radical (unpaired) electrons. The van der Waals surface area contributed by atoms with Crippen molar-refractivity contribution in [3.63, 3.8) is 0 Å². The normalized spacial score (nSPS) is 34.6. The Kier molecular flexibility index (Phi) is 7.06. The Balaban J connectivity index is 1.59. The van der Waals surface area contributed by atoms with Crippen molar-refractivity contribution in [1.29, 1.82) is 0 Å². The molecule has 0 heterocycles. The molecule has 0 amide bonds. The molecule has 2 bridgehead atoms. The van der Waals surface area contributed by atoms with Gasteiger partial charge in [-0.05, 0) is 66.0 Å². The predicted molar refractivity (Wildman–Crippen MR) is 153 cm³/mol. The maximum atomic E-state index is 14.5. The predicted octanol–water partition coefficient (Wildman–Crippen LogP) is 4.81. The van der Waals surface area contributed by atoms with Gasteiger partial charge in [0.15, 0.2) is 17.5 Å². The smallest absolute Gasteiger partial charge is 0.340 e. The van der Waals surface area contributed by atoms with Gasteiger partial charge in [0.2, 0.25) is 0 Å². The molecular formula is C33H39NO6. The van der Waals surface area contributed by atoms with Gasteiger partial charge in [0, 0.05) is 11.6 Å². The number of rotatable bonds is 5. The molecule has 212 valence electrons. The Bertz CT molecular complexity index is 1380. The first-order valence-electron chi connectivity index (χ1n) is 14.0. The fraction of sp³-hybridized carbons (Fsp3) is 0.455. The third-order valence-electron chi connectivity index (χ3n) is 9.93. The largest absolute Gasteiger partial charge is 0.451 e. The standard InChI is InChI=1S/C33H39NO6/c1-19-17-32-21(3)15-20(2)31(4,5)25(28(32)37)16-22(18-35)27(36)33(32,39)29(19)40-30(38)24-13-9-10-14-26(24)34-23-11-7-6-8-12-23/h6-14,16-17,20-21,25,27,29,34-36,39H,15,18H2,1-5H3/t20-,21?,25+,27+,29-,32?,33-/m0/s1. The summed E-state index contributed by atoms with van der Waals surface area (Å²) in [5.74, 6) is -1.82. The van der Waals surface area contributed by atoms with Gasteiger partial charge in [0.1, 0.15) is 6.10 Å². The summed E-state index contributed by atoms with van der Waals surface area (Å²) in [5, 5.41) is 37.9. The summed E-state index contributed by atoms with van der Waals surface area (Å²) < 4.78 is 6.06. The maximum Gasteiger partial charge on any atom is 0.340 e. The van der Waals surface area contributed by atoms with E-state index in [4.69, 9.17) is 4.74 Å². The molecule has 3 aliphatic carbocycles. The second-order valence-corrected chi connectivity index (χ2v) is 12.4. The lowest BCUT2D eigenvalue weighted by atomic mass is 9.59. The molecule has 7 heteroatoms. The number of para-hydroxylation sites is 2. The van der Waals surface area contributed by atoms with Crippen molar-refractivity contribution in [1.82, 2.24) is 0 Å². The van der Waals surface area contributed by atoms with Crippen LogP contribution in [0.4, 0.5) is 11.4 Å². The van der Waals surface area contributed by atoms with E-state index in [1.807, 2.05) is 51.1 Å². The van der Waals surface area contributed by atoms with Crippen LogP contribution >= 0.6 is 0 Å². The van der Waals surface area contributed by atoms with E-state index in [2.05, 4.69) is 12.2 Å². The molecule has 2 unspecified atom stereocenters. The van der Waals surface area contributed by atoms with Crippen molar-refractivity contribution in [3.05, 3.63) is 83.5 Å². The molecule has 4 N–H and O–H groups in total. The highest BCUT2D eigenvalue weighted by Crippen LogP contribution is 2.62. The molecule has 5 rings (SSSR count). The first-order chi connectivity index (χ1) is 18.9. The van der Waals surface area contributed by atoms with E-state index in [1.54, 1.807) is 43.3 Å². The molecule has 0 aliphatic heterocycles. The third-order valence-corrected chi connectivity index (χ3v) is 9.93. The number of esters is 1. The van der Waals surface area contributed by atoms with Crippen molar-refractivity contribution in [2.45, 2.75) is 58.8 Å². The van der Waals surface area contributed by atoms with Crippen molar-refractivity contribution in [2.24, 2.45) is 28.6 Å². The third kappa shape index (κ3) is 3.98. The van der Waals surface area contributed by atoms with Crippen LogP contribution in [0.3, 0.4) is 0 Å². The van der Waals surface area contributed by atoms with Gasteiger partial charge in [0.05, 0.1) is 23.3 Å². The van der Waals surface area contributed by atoms with Gasteiger partial charge < -0.3 is 25.4 Å². The molecule has 1 saturated carbocycles. The SMILES string of the molecule is CC1=CC23C(=O)[C@@H](C=C(CO)[C@@H](O)[C@]2(O)[C@H]1OC(=O)c1ccccc1Nc1ccccc1)C(C)(C)[C@@H](C)CC3C. The first kappa shape index (κ1) is 28.3. The second kappa shape index (κ2) is 9.98. The van der Waals surface area contributed by atoms with Crippen LogP contribution in [0.5, 0.6) is 0 Å². The van der Waals surface area contributed by atoms with Gasteiger partial charge in [-0.2, -0.15) is 0 Å². The number of hydrogen-bond donors (Lipinski definition) is 4. The van der Waals surface area contributed by atoms with Gasteiger partial charge in [-0.15, -0.1) is 0 Å². The highest BCUT2D eigenvalue weighted by atomic mass is 16.6. The molecule has 2 aromatic carbocycles. The molecule has 1 fully saturated rings. The van der Waals surface area contributed by atoms with Crippen molar-refractivity contribution < 1.29 is 29.6 Å². The minimum absolute atomic E-state index is 0.109. The lowest BCUT2D eigenvalue weighted by Crippen LogP contribution is -2.65. The number of nitrogens with one attached hydrogen (secondary N) is 1. The lowest BCUT2D eigenvalue weighted by Gasteiger charge is -2.48. The summed E-state index contributed by atoms with van der Waals surface area (Å²) in [5.41, 5.74) is -1.99. The van der Waals surface area contributed by atoms with E-state index in [9.17, 15) is 24.9 Å². The van der Waals surface area contributed by atoms with Gasteiger partial charge in [-0.1, -0.05) is 70.2 Å². The lowest BCUT2D eigenvalue weighted by molar-refractivity contribution is -0.190. The van der Waals surface area contributed by atoms with E-state index in [0.29, 0.717) is 17.7 Å². The quantitative estimate of drug-likeness (QED) is 0.315. The molecule has 40 heavy (non-hydrogen) atoms. The number of aliphatic hydroxyl groups excluding tert-OH is 2. The fourth-order valence-corrected chi connectivity index (χ4v) is 7.27. The number of aliphatic hydroxyl groups is 3. The Labute approximate surface area is 235 Å². The number of allylic oxidation sites excluding steroid dienone is 1. The molecule has 2 aromatic rings. The van der Waals surface area contributed by atoms with Crippen LogP contribution in [-0.2, 0) is 9.53 Å². The number of benzene rings is 2. The summed E-state index contributed by atoms with van der Waals surface area (Å²) in [6, 6.07) is 16.3. The van der Waals surface area contributed by atoms with Crippen LogP contribution in [0.25, 0.3) is 0 Å². The highest BCUT2D eigenvalue weighted by Gasteiger charge is 2.73. The summed E-state index contributed by atoms with van der Waals surface area (Å²) in [4.78, 5) is 28.3. The van der Waals surface area contributed by atoms with Crippen LogP contribution in [0, 0.1) is 28.6 Å². The maximum absolute atomic E-state index is 14.5. The van der Waals surface area contributed by atoms with Crippen LogP contribution < -0.4 is 5.32 Å². The summed E-state index contributed by atoms with van der Waals surface area (Å²) in [7, 11) is 0. The average Bonchev–Trinajstić information content (AvgIpc) is 3.10. The zero-order valence-corrected chi connectivity index (χ0v) is 23.7. The molecule has 7 nitrogen and oxygen atoms in total. The van der Waals surface area contributed by atoms with Gasteiger partial charge >= 0.3 is 5.97 Å². The zero-order valence-electron chi connectivity index (χ0n) is 23.7. The van der Waals surface area contributed by atoms with E-state index in [1.165, 1.54) is 0 Å². The highest BCUT2D eigenvalue weighted by molar-refractivity contribution is 5.98. The number of ether oxygens (including phenoxy) is 1. The molecule has 1 spiro atoms. The number of anilines is 2. The van der Waals surface area contributed by atoms with E-state index < -0.39 is 47.1 Å². The monoisotopic (exact) mass is 545 g/mol. The van der Waals surface area contributed by atoms with Crippen molar-refractivity contribution >= 4 is 23.1 Å². The van der Waals surface area contributed by atoms with Crippen LogP contribution in [0.1, 0.15) is 51.4 Å². The number of carbonyl (C=O) groups excluding carboxylic acids is 2. The zero-order chi connectivity index (χ0) is 29.0. The minimum Gasteiger partial charge on any atom is -0.451 e. The first-order valence-corrected chi connectivity index (χ1v) is 14.0. The van der Waals surface area contributed by atoms with Crippen LogP contribution in [0.2, 0.25) is 0 Å². The Hall–Kier alpha value is -3.26.